The Labute approximate surface area is 85.2 Å². The highest BCUT2D eigenvalue weighted by molar-refractivity contribution is 5.29. The molecule has 0 spiro atoms. The molecule has 1 atom stereocenters. The Balaban J connectivity index is 2.18. The first kappa shape index (κ1) is 9.69. The second-order valence-electron chi connectivity index (χ2n) is 4.05. The zero-order valence-corrected chi connectivity index (χ0v) is 8.61. The second-order valence-corrected chi connectivity index (χ2v) is 4.05. The Kier molecular flexibility index (Phi) is 2.85. The van der Waals surface area contributed by atoms with Crippen molar-refractivity contribution in [3.05, 3.63) is 35.4 Å². The van der Waals surface area contributed by atoms with Crippen LogP contribution in [-0.2, 0) is 13.0 Å². The Hall–Kier alpha value is -0.860. The molecule has 14 heavy (non-hydrogen) atoms. The van der Waals surface area contributed by atoms with E-state index in [9.17, 15) is 0 Å². The first-order chi connectivity index (χ1) is 6.81. The van der Waals surface area contributed by atoms with Crippen molar-refractivity contribution >= 4 is 0 Å². The molecule has 0 saturated carbocycles. The van der Waals surface area contributed by atoms with Crippen LogP contribution in [0.2, 0.25) is 0 Å². The molecule has 0 fully saturated rings. The van der Waals surface area contributed by atoms with Gasteiger partial charge in [-0.2, -0.15) is 0 Å². The summed E-state index contributed by atoms with van der Waals surface area (Å²) in [5.74, 6) is 0. The predicted octanol–water partition coefficient (Wildman–Crippen LogP) is 1.43. The molecular formula is C12H17NO. The second kappa shape index (κ2) is 4.11. The molecule has 1 N–H and O–H groups in total. The van der Waals surface area contributed by atoms with Crippen LogP contribution < -0.4 is 0 Å². The standard InChI is InChI=1S/C12H17NO/c1-13-9-11-5-3-2-4-10(11)8-12(13)6-7-14/h2-5,12,14H,6-9H2,1H3. The third kappa shape index (κ3) is 1.81. The number of rotatable bonds is 2. The fourth-order valence-electron chi connectivity index (χ4n) is 2.19. The maximum Gasteiger partial charge on any atom is 0.0446 e. The van der Waals surface area contributed by atoms with Gasteiger partial charge in [-0.1, -0.05) is 24.3 Å². The number of hydrogen-bond acceptors (Lipinski definition) is 2. The van der Waals surface area contributed by atoms with E-state index < -0.39 is 0 Å². The molecule has 2 nitrogen and oxygen atoms in total. The zero-order chi connectivity index (χ0) is 9.97. The minimum absolute atomic E-state index is 0.289. The van der Waals surface area contributed by atoms with Gasteiger partial charge in [0, 0.05) is 19.2 Å². The molecule has 0 radical (unpaired) electrons. The Morgan fingerprint density at radius 3 is 2.79 bits per heavy atom. The molecular weight excluding hydrogens is 174 g/mol. The van der Waals surface area contributed by atoms with E-state index in [0.29, 0.717) is 6.04 Å². The molecule has 1 aliphatic heterocycles. The van der Waals surface area contributed by atoms with E-state index in [1.54, 1.807) is 0 Å². The van der Waals surface area contributed by atoms with Crippen LogP contribution in [0.1, 0.15) is 17.5 Å². The van der Waals surface area contributed by atoms with E-state index in [4.69, 9.17) is 5.11 Å². The summed E-state index contributed by atoms with van der Waals surface area (Å²) < 4.78 is 0. The van der Waals surface area contributed by atoms with Crippen molar-refractivity contribution in [2.45, 2.75) is 25.4 Å². The molecule has 2 heteroatoms. The van der Waals surface area contributed by atoms with Crippen molar-refractivity contribution in [3.63, 3.8) is 0 Å². The van der Waals surface area contributed by atoms with Crippen LogP contribution >= 0.6 is 0 Å². The highest BCUT2D eigenvalue weighted by Crippen LogP contribution is 2.23. The van der Waals surface area contributed by atoms with Gasteiger partial charge in [0.2, 0.25) is 0 Å². The average Bonchev–Trinajstić information content (AvgIpc) is 2.19. The van der Waals surface area contributed by atoms with Crippen LogP contribution in [0.5, 0.6) is 0 Å². The monoisotopic (exact) mass is 191 g/mol. The van der Waals surface area contributed by atoms with Gasteiger partial charge in [0.25, 0.3) is 0 Å². The molecule has 0 aliphatic carbocycles. The average molecular weight is 191 g/mol. The smallest absolute Gasteiger partial charge is 0.0446 e. The van der Waals surface area contributed by atoms with Gasteiger partial charge in [-0.15, -0.1) is 0 Å². The highest BCUT2D eigenvalue weighted by Gasteiger charge is 2.21. The molecule has 0 amide bonds. The minimum atomic E-state index is 0.289. The lowest BCUT2D eigenvalue weighted by Gasteiger charge is -2.33. The van der Waals surface area contributed by atoms with Crippen molar-refractivity contribution < 1.29 is 5.11 Å². The van der Waals surface area contributed by atoms with Crippen molar-refractivity contribution in [2.24, 2.45) is 0 Å². The topological polar surface area (TPSA) is 23.5 Å². The SMILES string of the molecule is CN1Cc2ccccc2CC1CCO. The van der Waals surface area contributed by atoms with Crippen molar-refractivity contribution in [2.75, 3.05) is 13.7 Å². The fourth-order valence-corrected chi connectivity index (χ4v) is 2.19. The van der Waals surface area contributed by atoms with E-state index in [-0.39, 0.29) is 6.61 Å². The van der Waals surface area contributed by atoms with Gasteiger partial charge in [0.05, 0.1) is 0 Å². The van der Waals surface area contributed by atoms with Crippen LogP contribution in [0.15, 0.2) is 24.3 Å². The van der Waals surface area contributed by atoms with Crippen molar-refractivity contribution in [3.8, 4) is 0 Å². The lowest BCUT2D eigenvalue weighted by Crippen LogP contribution is -2.37. The number of hydrogen-bond donors (Lipinski definition) is 1. The number of fused-ring (bicyclic) bond motifs is 1. The summed E-state index contributed by atoms with van der Waals surface area (Å²) >= 11 is 0. The lowest BCUT2D eigenvalue weighted by atomic mass is 9.93. The number of aliphatic hydroxyl groups excluding tert-OH is 1. The van der Waals surface area contributed by atoms with Crippen molar-refractivity contribution in [1.82, 2.24) is 4.90 Å². The molecule has 1 aliphatic rings. The normalized spacial score (nSPS) is 22.0. The largest absolute Gasteiger partial charge is 0.396 e. The summed E-state index contributed by atoms with van der Waals surface area (Å²) in [7, 11) is 2.14. The lowest BCUT2D eigenvalue weighted by molar-refractivity contribution is 0.167. The van der Waals surface area contributed by atoms with Crippen LogP contribution in [0, 0.1) is 0 Å². The third-order valence-electron chi connectivity index (χ3n) is 3.08. The Morgan fingerprint density at radius 2 is 2.07 bits per heavy atom. The van der Waals surface area contributed by atoms with Gasteiger partial charge in [-0.05, 0) is 31.0 Å². The summed E-state index contributed by atoms with van der Waals surface area (Å²) in [4.78, 5) is 2.33. The maximum atomic E-state index is 8.96. The molecule has 0 saturated heterocycles. The zero-order valence-electron chi connectivity index (χ0n) is 8.61. The predicted molar refractivity (Wildman–Crippen MR) is 57.1 cm³/mol. The Morgan fingerprint density at radius 1 is 1.36 bits per heavy atom. The summed E-state index contributed by atoms with van der Waals surface area (Å²) in [6.45, 7) is 1.30. The summed E-state index contributed by atoms with van der Waals surface area (Å²) in [6, 6.07) is 9.10. The van der Waals surface area contributed by atoms with E-state index in [2.05, 4.69) is 36.2 Å². The van der Waals surface area contributed by atoms with E-state index >= 15 is 0 Å². The first-order valence-electron chi connectivity index (χ1n) is 5.19. The molecule has 1 aromatic rings. The van der Waals surface area contributed by atoms with E-state index in [0.717, 1.165) is 19.4 Å². The summed E-state index contributed by atoms with van der Waals surface area (Å²) in [6.07, 6.45) is 1.96. The molecule has 2 rings (SSSR count). The fraction of sp³-hybridized carbons (Fsp3) is 0.500. The van der Waals surface area contributed by atoms with Crippen LogP contribution in [0.25, 0.3) is 0 Å². The van der Waals surface area contributed by atoms with E-state index in [1.165, 1.54) is 11.1 Å². The van der Waals surface area contributed by atoms with Gasteiger partial charge < -0.3 is 5.11 Å². The van der Waals surface area contributed by atoms with Gasteiger partial charge in [0.15, 0.2) is 0 Å². The molecule has 1 aromatic carbocycles. The molecule has 76 valence electrons. The third-order valence-corrected chi connectivity index (χ3v) is 3.08. The maximum absolute atomic E-state index is 8.96. The quantitative estimate of drug-likeness (QED) is 0.764. The van der Waals surface area contributed by atoms with Gasteiger partial charge in [-0.25, -0.2) is 0 Å². The van der Waals surface area contributed by atoms with Crippen LogP contribution in [0.3, 0.4) is 0 Å². The van der Waals surface area contributed by atoms with Crippen LogP contribution in [-0.4, -0.2) is 29.7 Å². The molecule has 0 aromatic heterocycles. The van der Waals surface area contributed by atoms with Crippen molar-refractivity contribution in [1.29, 1.82) is 0 Å². The molecule has 0 bridgehead atoms. The highest BCUT2D eigenvalue weighted by atomic mass is 16.3. The van der Waals surface area contributed by atoms with E-state index in [1.807, 2.05) is 0 Å². The van der Waals surface area contributed by atoms with Crippen LogP contribution in [0.4, 0.5) is 0 Å². The Bertz CT molecular complexity index is 311. The number of likely N-dealkylation sites (N-methyl/N-ethyl adjacent to an activating group) is 1. The van der Waals surface area contributed by atoms with Gasteiger partial charge in [0.1, 0.15) is 0 Å². The van der Waals surface area contributed by atoms with Gasteiger partial charge in [-0.3, -0.25) is 4.90 Å². The molecule has 1 heterocycles. The summed E-state index contributed by atoms with van der Waals surface area (Å²) in [5, 5.41) is 8.96. The number of benzene rings is 1. The van der Waals surface area contributed by atoms with Gasteiger partial charge >= 0.3 is 0 Å². The first-order valence-corrected chi connectivity index (χ1v) is 5.19. The summed E-state index contributed by atoms with van der Waals surface area (Å²) in [5.41, 5.74) is 2.88. The number of nitrogens with zero attached hydrogens (tertiary/aromatic N) is 1. The molecule has 1 unspecified atom stereocenters. The minimum Gasteiger partial charge on any atom is -0.396 e. The number of aliphatic hydroxyl groups is 1.